The minimum Gasteiger partial charge on any atom is -0.497 e. The molecule has 0 amide bonds. The number of nitrogens with zero attached hydrogens (tertiary/aromatic N) is 3. The maximum atomic E-state index is 12.4. The first-order valence-corrected chi connectivity index (χ1v) is 12.5. The van der Waals surface area contributed by atoms with Crippen LogP contribution in [0.2, 0.25) is 0 Å². The van der Waals surface area contributed by atoms with Gasteiger partial charge in [-0.1, -0.05) is 26.0 Å². The van der Waals surface area contributed by atoms with Gasteiger partial charge in [0.25, 0.3) is 0 Å². The third-order valence-electron chi connectivity index (χ3n) is 5.82. The molecule has 1 aliphatic heterocycles. The summed E-state index contributed by atoms with van der Waals surface area (Å²) >= 11 is 0. The minimum atomic E-state index is -3.09. The monoisotopic (exact) mass is 566 g/mol. The highest BCUT2D eigenvalue weighted by molar-refractivity contribution is 14.0. The maximum Gasteiger partial charge on any atom is 0.194 e. The number of sulfone groups is 1. The molecule has 0 spiro atoms. The summed E-state index contributed by atoms with van der Waals surface area (Å²) in [4.78, 5) is 9.41. The first kappa shape index (κ1) is 28.0. The Morgan fingerprint density at radius 3 is 2.52 bits per heavy atom. The van der Waals surface area contributed by atoms with Crippen LogP contribution in [0, 0.1) is 0 Å². The Bertz CT molecular complexity index is 826. The standard InChI is InChI=1S/C22H38N4O3S.HI/c1-7-23-21(26-13-14-30(27,28)22(4,5)17-26)24-16-20(25(8-2)9-3)18-11-10-12-19(15-18)29-6;/h10-12,15,20H,7-9,13-14,16-17H2,1-6H3,(H,23,24);1H. The van der Waals surface area contributed by atoms with Crippen molar-refractivity contribution in [3.63, 3.8) is 0 Å². The van der Waals surface area contributed by atoms with Crippen LogP contribution in [0.3, 0.4) is 0 Å². The summed E-state index contributed by atoms with van der Waals surface area (Å²) < 4.78 is 29.4. The van der Waals surface area contributed by atoms with Gasteiger partial charge in [0, 0.05) is 19.6 Å². The van der Waals surface area contributed by atoms with Gasteiger partial charge in [-0.2, -0.15) is 0 Å². The van der Waals surface area contributed by atoms with E-state index in [1.165, 1.54) is 5.56 Å². The second kappa shape index (κ2) is 12.2. The Balaban J connectivity index is 0.00000480. The molecule has 1 heterocycles. The number of rotatable bonds is 8. The number of likely N-dealkylation sites (N-methyl/N-ethyl adjacent to an activating group) is 1. The van der Waals surface area contributed by atoms with Crippen molar-refractivity contribution in [2.45, 2.75) is 45.4 Å². The smallest absolute Gasteiger partial charge is 0.194 e. The zero-order valence-electron chi connectivity index (χ0n) is 19.7. The molecule has 1 atom stereocenters. The number of methoxy groups -OCH3 is 1. The quantitative estimate of drug-likeness (QED) is 0.296. The number of hydrogen-bond acceptors (Lipinski definition) is 5. The van der Waals surface area contributed by atoms with Crippen molar-refractivity contribution < 1.29 is 13.2 Å². The lowest BCUT2D eigenvalue weighted by Gasteiger charge is -2.39. The largest absolute Gasteiger partial charge is 0.497 e. The minimum absolute atomic E-state index is 0. The summed E-state index contributed by atoms with van der Waals surface area (Å²) in [5, 5.41) is 3.36. The molecule has 9 heteroatoms. The van der Waals surface area contributed by atoms with E-state index < -0.39 is 14.6 Å². The Labute approximate surface area is 205 Å². The Kier molecular flexibility index (Phi) is 11.0. The molecule has 0 saturated carbocycles. The predicted molar refractivity (Wildman–Crippen MR) is 139 cm³/mol. The molecule has 0 aromatic heterocycles. The van der Waals surface area contributed by atoms with Gasteiger partial charge in [0.15, 0.2) is 15.8 Å². The highest BCUT2D eigenvalue weighted by Gasteiger charge is 2.41. The van der Waals surface area contributed by atoms with Gasteiger partial charge in [-0.25, -0.2) is 8.42 Å². The number of aliphatic imine (C=N–C) groups is 1. The highest BCUT2D eigenvalue weighted by Crippen LogP contribution is 2.26. The lowest BCUT2D eigenvalue weighted by molar-refractivity contribution is 0.223. The van der Waals surface area contributed by atoms with Crippen molar-refractivity contribution in [1.82, 2.24) is 15.1 Å². The maximum absolute atomic E-state index is 12.4. The normalized spacial score (nSPS) is 18.9. The molecule has 1 fully saturated rings. The van der Waals surface area contributed by atoms with Crippen LogP contribution >= 0.6 is 24.0 Å². The third-order valence-corrected chi connectivity index (χ3v) is 8.36. The zero-order chi connectivity index (χ0) is 22.4. The van der Waals surface area contributed by atoms with Gasteiger partial charge in [0.1, 0.15) is 5.75 Å². The molecule has 1 N–H and O–H groups in total. The van der Waals surface area contributed by atoms with Gasteiger partial charge >= 0.3 is 0 Å². The van der Waals surface area contributed by atoms with Crippen molar-refractivity contribution in [3.8, 4) is 5.75 Å². The molecule has 178 valence electrons. The predicted octanol–water partition coefficient (Wildman–Crippen LogP) is 3.17. The lowest BCUT2D eigenvalue weighted by atomic mass is 10.0. The summed E-state index contributed by atoms with van der Waals surface area (Å²) in [5.74, 6) is 1.77. The molecule has 1 unspecified atom stereocenters. The SMILES string of the molecule is CCNC(=NCC(c1cccc(OC)c1)N(CC)CC)N1CCS(=O)(=O)C(C)(C)C1.I. The van der Waals surface area contributed by atoms with E-state index in [1.54, 1.807) is 21.0 Å². The van der Waals surface area contributed by atoms with Crippen molar-refractivity contribution in [2.75, 3.05) is 52.1 Å². The van der Waals surface area contributed by atoms with Gasteiger partial charge in [0.05, 0.1) is 30.2 Å². The van der Waals surface area contributed by atoms with Crippen LogP contribution in [0.5, 0.6) is 5.75 Å². The van der Waals surface area contributed by atoms with Gasteiger partial charge in [-0.3, -0.25) is 9.89 Å². The van der Waals surface area contributed by atoms with Crippen LogP contribution in [0.25, 0.3) is 0 Å². The molecular formula is C22H39IN4O3S. The Hall–Kier alpha value is -1.07. The number of hydrogen-bond donors (Lipinski definition) is 1. The van der Waals surface area contributed by atoms with Crippen LogP contribution in [0.1, 0.15) is 46.2 Å². The average molecular weight is 567 g/mol. The fraction of sp³-hybridized carbons (Fsp3) is 0.682. The first-order valence-electron chi connectivity index (χ1n) is 10.8. The fourth-order valence-electron chi connectivity index (χ4n) is 3.87. The van der Waals surface area contributed by atoms with E-state index in [9.17, 15) is 8.42 Å². The summed E-state index contributed by atoms with van der Waals surface area (Å²) in [6, 6.07) is 8.27. The Morgan fingerprint density at radius 1 is 1.29 bits per heavy atom. The van der Waals surface area contributed by atoms with E-state index in [0.717, 1.165) is 31.3 Å². The molecule has 0 radical (unpaired) electrons. The van der Waals surface area contributed by atoms with Crippen molar-refractivity contribution in [3.05, 3.63) is 29.8 Å². The first-order chi connectivity index (χ1) is 14.2. The second-order valence-electron chi connectivity index (χ2n) is 8.21. The van der Waals surface area contributed by atoms with Crippen LogP contribution in [-0.4, -0.2) is 81.1 Å². The molecule has 0 aliphatic carbocycles. The van der Waals surface area contributed by atoms with E-state index in [1.807, 2.05) is 19.1 Å². The number of guanidine groups is 1. The van der Waals surface area contributed by atoms with E-state index in [4.69, 9.17) is 9.73 Å². The molecule has 0 bridgehead atoms. The summed E-state index contributed by atoms with van der Waals surface area (Å²) in [7, 11) is -1.41. The molecule has 31 heavy (non-hydrogen) atoms. The second-order valence-corrected chi connectivity index (χ2v) is 11.0. The van der Waals surface area contributed by atoms with Gasteiger partial charge in [-0.15, -0.1) is 24.0 Å². The van der Waals surface area contributed by atoms with Crippen molar-refractivity contribution in [2.24, 2.45) is 4.99 Å². The summed E-state index contributed by atoms with van der Waals surface area (Å²) in [6.07, 6.45) is 0. The van der Waals surface area contributed by atoms with E-state index in [0.29, 0.717) is 19.6 Å². The van der Waals surface area contributed by atoms with E-state index >= 15 is 0 Å². The number of halogens is 1. The molecule has 2 rings (SSSR count). The van der Waals surface area contributed by atoms with E-state index in [2.05, 4.69) is 41.1 Å². The molecular weight excluding hydrogens is 527 g/mol. The van der Waals surface area contributed by atoms with Crippen LogP contribution in [-0.2, 0) is 9.84 Å². The summed E-state index contributed by atoms with van der Waals surface area (Å²) in [5.41, 5.74) is 1.17. The van der Waals surface area contributed by atoms with E-state index in [-0.39, 0.29) is 35.8 Å². The summed E-state index contributed by atoms with van der Waals surface area (Å²) in [6.45, 7) is 14.0. The van der Waals surface area contributed by atoms with Crippen molar-refractivity contribution >= 4 is 39.8 Å². The zero-order valence-corrected chi connectivity index (χ0v) is 22.9. The molecule has 1 aromatic carbocycles. The number of ether oxygens (including phenoxy) is 1. The van der Waals surface area contributed by atoms with Gasteiger partial charge < -0.3 is 15.0 Å². The molecule has 1 aliphatic rings. The van der Waals surface area contributed by atoms with Crippen LogP contribution in [0.4, 0.5) is 0 Å². The highest BCUT2D eigenvalue weighted by atomic mass is 127. The number of benzene rings is 1. The molecule has 1 saturated heterocycles. The van der Waals surface area contributed by atoms with Crippen LogP contribution in [0.15, 0.2) is 29.3 Å². The Morgan fingerprint density at radius 2 is 1.97 bits per heavy atom. The molecule has 7 nitrogen and oxygen atoms in total. The van der Waals surface area contributed by atoms with Gasteiger partial charge in [0.2, 0.25) is 0 Å². The average Bonchev–Trinajstić information content (AvgIpc) is 2.72. The fourth-order valence-corrected chi connectivity index (χ4v) is 5.23. The third kappa shape index (κ3) is 6.95. The number of nitrogens with one attached hydrogen (secondary N) is 1. The van der Waals surface area contributed by atoms with Crippen molar-refractivity contribution in [1.29, 1.82) is 0 Å². The van der Waals surface area contributed by atoms with Gasteiger partial charge in [-0.05, 0) is 51.6 Å². The molecule has 1 aromatic rings. The topological polar surface area (TPSA) is 74.2 Å². The van der Waals surface area contributed by atoms with Crippen LogP contribution < -0.4 is 10.1 Å². The lowest BCUT2D eigenvalue weighted by Crippen LogP contribution is -2.57.